The summed E-state index contributed by atoms with van der Waals surface area (Å²) in [4.78, 5) is 38.8. The summed E-state index contributed by atoms with van der Waals surface area (Å²) in [5.41, 5.74) is 4.04. The Balaban J connectivity index is 0.00000167. The number of amides is 3. The highest BCUT2D eigenvalue weighted by Gasteiger charge is 2.28. The molecule has 2 aromatic carbocycles. The monoisotopic (exact) mass is 476 g/mol. The number of nitrogens with zero attached hydrogens (tertiary/aromatic N) is 2. The van der Waals surface area contributed by atoms with E-state index in [1.54, 1.807) is 19.1 Å². The molecule has 6 heteroatoms. The Morgan fingerprint density at radius 2 is 1.40 bits per heavy atom. The first kappa shape index (κ1) is 26.4. The predicted molar refractivity (Wildman–Crippen MR) is 139 cm³/mol. The molecule has 6 nitrogen and oxygen atoms in total. The van der Waals surface area contributed by atoms with E-state index in [1.165, 1.54) is 22.6 Å². The normalized spacial score (nSPS) is 19.4. The third-order valence-electron chi connectivity index (χ3n) is 6.63. The molecule has 0 spiro atoms. The minimum Gasteiger partial charge on any atom is -0.361 e. The van der Waals surface area contributed by atoms with Crippen molar-refractivity contribution < 1.29 is 19.1 Å². The zero-order valence-corrected chi connectivity index (χ0v) is 21.2. The highest BCUT2D eigenvalue weighted by Crippen LogP contribution is 2.36. The van der Waals surface area contributed by atoms with Crippen molar-refractivity contribution in [2.45, 2.75) is 65.3 Å². The number of carbonyl (C=O) groups excluding carboxylic acids is 3. The summed E-state index contributed by atoms with van der Waals surface area (Å²) in [5, 5.41) is 0. The van der Waals surface area contributed by atoms with Crippen LogP contribution in [0.25, 0.3) is 11.1 Å². The zero-order valence-electron chi connectivity index (χ0n) is 21.2. The van der Waals surface area contributed by atoms with Crippen molar-refractivity contribution in [1.82, 2.24) is 4.90 Å². The van der Waals surface area contributed by atoms with Gasteiger partial charge in [-0.25, -0.2) is 4.90 Å². The Hall–Kier alpha value is -3.25. The SMILES string of the molecule is CC.CCOCN(C(C)=O)C1CCC(c2ccc(-c3ccc(N4C(=O)C=CC4=O)cc3)cc2)CC1. The fraction of sp³-hybridized carbons (Fsp3) is 0.414. The van der Waals surface area contributed by atoms with Gasteiger partial charge in [-0.3, -0.25) is 14.4 Å². The molecular formula is C29H36N2O4. The van der Waals surface area contributed by atoms with E-state index in [4.69, 9.17) is 4.74 Å². The molecule has 1 heterocycles. The Kier molecular flexibility index (Phi) is 9.38. The predicted octanol–water partition coefficient (Wildman–Crippen LogP) is 5.68. The second kappa shape index (κ2) is 12.5. The van der Waals surface area contributed by atoms with Gasteiger partial charge in [0.2, 0.25) is 5.91 Å². The molecular weight excluding hydrogens is 440 g/mol. The summed E-state index contributed by atoms with van der Waals surface area (Å²) >= 11 is 0. The third kappa shape index (κ3) is 6.25. The Labute approximate surface area is 208 Å². The average molecular weight is 477 g/mol. The number of hydrogen-bond acceptors (Lipinski definition) is 4. The molecule has 186 valence electrons. The van der Waals surface area contributed by atoms with Crippen molar-refractivity contribution >= 4 is 23.4 Å². The number of ether oxygens (including phenoxy) is 1. The van der Waals surface area contributed by atoms with E-state index in [-0.39, 0.29) is 23.8 Å². The van der Waals surface area contributed by atoms with Gasteiger partial charge in [0.15, 0.2) is 0 Å². The first-order valence-corrected chi connectivity index (χ1v) is 12.6. The van der Waals surface area contributed by atoms with Crippen molar-refractivity contribution in [2.24, 2.45) is 0 Å². The van der Waals surface area contributed by atoms with Crippen LogP contribution in [-0.4, -0.2) is 42.0 Å². The molecule has 4 rings (SSSR count). The van der Waals surface area contributed by atoms with Gasteiger partial charge in [-0.2, -0.15) is 0 Å². The van der Waals surface area contributed by atoms with Gasteiger partial charge in [-0.1, -0.05) is 50.2 Å². The van der Waals surface area contributed by atoms with Crippen LogP contribution < -0.4 is 4.90 Å². The fourth-order valence-corrected chi connectivity index (χ4v) is 4.77. The Morgan fingerprint density at radius 1 is 0.886 bits per heavy atom. The van der Waals surface area contributed by atoms with Gasteiger partial charge in [0.25, 0.3) is 11.8 Å². The largest absolute Gasteiger partial charge is 0.361 e. The van der Waals surface area contributed by atoms with Crippen LogP contribution in [0, 0.1) is 0 Å². The van der Waals surface area contributed by atoms with E-state index in [0.29, 0.717) is 24.9 Å². The number of benzene rings is 2. The van der Waals surface area contributed by atoms with Gasteiger partial charge >= 0.3 is 0 Å². The van der Waals surface area contributed by atoms with Crippen molar-refractivity contribution in [1.29, 1.82) is 0 Å². The van der Waals surface area contributed by atoms with Crippen LogP contribution in [0.15, 0.2) is 60.7 Å². The van der Waals surface area contributed by atoms with Gasteiger partial charge < -0.3 is 9.64 Å². The van der Waals surface area contributed by atoms with E-state index in [2.05, 4.69) is 24.3 Å². The molecule has 35 heavy (non-hydrogen) atoms. The van der Waals surface area contributed by atoms with Crippen LogP contribution in [-0.2, 0) is 19.1 Å². The molecule has 1 aliphatic carbocycles. The molecule has 2 aromatic rings. The maximum atomic E-state index is 12.0. The first-order valence-electron chi connectivity index (χ1n) is 12.6. The zero-order chi connectivity index (χ0) is 25.4. The minimum atomic E-state index is -0.309. The van der Waals surface area contributed by atoms with Crippen molar-refractivity contribution in [3.05, 3.63) is 66.2 Å². The molecule has 0 N–H and O–H groups in total. The molecule has 1 fully saturated rings. The van der Waals surface area contributed by atoms with Crippen LogP contribution >= 0.6 is 0 Å². The molecule has 0 saturated heterocycles. The van der Waals surface area contributed by atoms with Crippen LogP contribution in [0.3, 0.4) is 0 Å². The standard InChI is InChI=1S/C27H30N2O4.C2H6/c1-3-33-18-28(19(2)30)24-12-8-22(9-13-24)20-4-6-21(7-5-20)23-10-14-25(15-11-23)29-26(31)16-17-27(29)32;1-2/h4-7,10-11,14-17,22,24H,3,8-9,12-13,18H2,1-2H3;1-2H3. The number of rotatable bonds is 7. The fourth-order valence-electron chi connectivity index (χ4n) is 4.77. The lowest BCUT2D eigenvalue weighted by Gasteiger charge is -2.36. The molecule has 1 saturated carbocycles. The van der Waals surface area contributed by atoms with Crippen LogP contribution in [0.2, 0.25) is 0 Å². The van der Waals surface area contributed by atoms with Gasteiger partial charge in [-0.15, -0.1) is 0 Å². The number of hydrogen-bond donors (Lipinski definition) is 0. The van der Waals surface area contributed by atoms with E-state index in [1.807, 2.05) is 37.8 Å². The maximum absolute atomic E-state index is 12.0. The molecule has 1 aliphatic heterocycles. The molecule has 0 radical (unpaired) electrons. The van der Waals surface area contributed by atoms with Crippen molar-refractivity contribution in [3.8, 4) is 11.1 Å². The molecule has 0 aromatic heterocycles. The molecule has 2 aliphatic rings. The van der Waals surface area contributed by atoms with Crippen LogP contribution in [0.5, 0.6) is 0 Å². The highest BCUT2D eigenvalue weighted by molar-refractivity contribution is 6.28. The van der Waals surface area contributed by atoms with Crippen molar-refractivity contribution in [2.75, 3.05) is 18.2 Å². The minimum absolute atomic E-state index is 0.0806. The highest BCUT2D eigenvalue weighted by atomic mass is 16.5. The molecule has 0 atom stereocenters. The van der Waals surface area contributed by atoms with Gasteiger partial charge in [-0.05, 0) is 67.3 Å². The number of carbonyl (C=O) groups is 3. The second-order valence-electron chi connectivity index (χ2n) is 8.63. The first-order chi connectivity index (χ1) is 17.0. The summed E-state index contributed by atoms with van der Waals surface area (Å²) < 4.78 is 5.49. The quantitative estimate of drug-likeness (QED) is 0.381. The van der Waals surface area contributed by atoms with E-state index in [0.717, 1.165) is 36.8 Å². The summed E-state index contributed by atoms with van der Waals surface area (Å²) in [6.07, 6.45) is 6.67. The smallest absolute Gasteiger partial charge is 0.258 e. The van der Waals surface area contributed by atoms with Gasteiger partial charge in [0, 0.05) is 31.7 Å². The Bertz CT molecular complexity index is 1020. The molecule has 3 amide bonds. The van der Waals surface area contributed by atoms with Crippen LogP contribution in [0.1, 0.15) is 64.9 Å². The number of imide groups is 1. The summed E-state index contributed by atoms with van der Waals surface area (Å²) in [7, 11) is 0. The lowest BCUT2D eigenvalue weighted by atomic mass is 9.81. The summed E-state index contributed by atoms with van der Waals surface area (Å²) in [5.74, 6) is -0.0393. The maximum Gasteiger partial charge on any atom is 0.258 e. The molecule has 0 unspecified atom stereocenters. The molecule has 0 bridgehead atoms. The lowest BCUT2D eigenvalue weighted by Crippen LogP contribution is -2.42. The number of anilines is 1. The van der Waals surface area contributed by atoms with E-state index >= 15 is 0 Å². The summed E-state index contributed by atoms with van der Waals surface area (Å²) in [6, 6.07) is 16.4. The van der Waals surface area contributed by atoms with Gasteiger partial charge in [0.05, 0.1) is 5.69 Å². The third-order valence-corrected chi connectivity index (χ3v) is 6.63. The lowest BCUT2D eigenvalue weighted by molar-refractivity contribution is -0.138. The average Bonchev–Trinajstić information content (AvgIpc) is 3.23. The summed E-state index contributed by atoms with van der Waals surface area (Å²) in [6.45, 7) is 8.55. The second-order valence-corrected chi connectivity index (χ2v) is 8.63. The van der Waals surface area contributed by atoms with E-state index in [9.17, 15) is 14.4 Å². The van der Waals surface area contributed by atoms with Crippen LogP contribution in [0.4, 0.5) is 5.69 Å². The van der Waals surface area contributed by atoms with E-state index < -0.39 is 0 Å². The Morgan fingerprint density at radius 3 is 1.89 bits per heavy atom. The van der Waals surface area contributed by atoms with Crippen molar-refractivity contribution in [3.63, 3.8) is 0 Å². The van der Waals surface area contributed by atoms with Gasteiger partial charge in [0.1, 0.15) is 6.73 Å². The topological polar surface area (TPSA) is 66.9 Å².